The third kappa shape index (κ3) is 2.52. The minimum atomic E-state index is -0.624. The lowest BCUT2D eigenvalue weighted by Gasteiger charge is -2.57. The van der Waals surface area contributed by atoms with Gasteiger partial charge in [0.05, 0.1) is 30.7 Å². The van der Waals surface area contributed by atoms with Crippen molar-refractivity contribution in [3.8, 4) is 0 Å². The molecule has 4 heterocycles. The van der Waals surface area contributed by atoms with Crippen LogP contribution in [0.5, 0.6) is 0 Å². The largest absolute Gasteiger partial charge is 0.389 e. The van der Waals surface area contributed by atoms with Crippen LogP contribution in [0.2, 0.25) is 0 Å². The third-order valence-corrected chi connectivity index (χ3v) is 6.18. The minimum absolute atomic E-state index is 0.174. The summed E-state index contributed by atoms with van der Waals surface area (Å²) in [6, 6.07) is 0.386. The van der Waals surface area contributed by atoms with E-state index in [-0.39, 0.29) is 11.8 Å². The molecule has 3 aliphatic rings. The number of aromatic nitrogens is 2. The van der Waals surface area contributed by atoms with Gasteiger partial charge in [0.2, 0.25) is 0 Å². The normalized spacial score (nSPS) is 38.1. The average molecular weight is 321 g/mol. The number of rotatable bonds is 2. The molecule has 0 bridgehead atoms. The molecule has 0 radical (unpaired) electrons. The maximum absolute atomic E-state index is 11.3. The maximum atomic E-state index is 11.3. The number of aryl methyl sites for hydroxylation is 2. The van der Waals surface area contributed by atoms with Crippen LogP contribution in [0, 0.1) is 18.8 Å². The fraction of sp³-hybridized carbons (Fsp3) is 0.824. The molecular weight excluding hydrogens is 294 g/mol. The number of hydrogen-bond acceptors (Lipinski definition) is 5. The quantitative estimate of drug-likeness (QED) is 0.870. The number of aliphatic hydroxyl groups is 1. The summed E-state index contributed by atoms with van der Waals surface area (Å²) in [7, 11) is 2.01. The molecule has 0 saturated carbocycles. The summed E-state index contributed by atoms with van der Waals surface area (Å²) in [5, 5.41) is 15.7. The van der Waals surface area contributed by atoms with Crippen LogP contribution in [0.3, 0.4) is 0 Å². The lowest BCUT2D eigenvalue weighted by Crippen LogP contribution is -2.67. The Bertz CT molecular complexity index is 556. The minimum Gasteiger partial charge on any atom is -0.389 e. The number of nitrogens with zero attached hydrogens (tertiary/aromatic N) is 3. The summed E-state index contributed by atoms with van der Waals surface area (Å²) < 4.78 is 13.4. The first-order chi connectivity index (χ1) is 11.1. The predicted molar refractivity (Wildman–Crippen MR) is 84.9 cm³/mol. The van der Waals surface area contributed by atoms with E-state index in [4.69, 9.17) is 9.47 Å². The zero-order valence-electron chi connectivity index (χ0n) is 14.1. The van der Waals surface area contributed by atoms with Crippen molar-refractivity contribution in [2.24, 2.45) is 18.9 Å². The molecule has 0 unspecified atom stereocenters. The number of fused-ring (bicyclic) bond motifs is 3. The zero-order chi connectivity index (χ0) is 16.0. The van der Waals surface area contributed by atoms with Crippen molar-refractivity contribution in [1.29, 1.82) is 0 Å². The standard InChI is InChI=1S/C17H27N3O3/c1-12-7-18-19(2)16(12)9-20-8-13-10-23-6-4-17(13,21)14-11-22-5-3-15(14)20/h7,13-15,21H,3-6,8-11H2,1-2H3/t13-,14+,15-,17-/m0/s1. The van der Waals surface area contributed by atoms with Crippen molar-refractivity contribution in [2.45, 2.75) is 38.0 Å². The van der Waals surface area contributed by atoms with Crippen molar-refractivity contribution >= 4 is 0 Å². The molecule has 1 aromatic heterocycles. The van der Waals surface area contributed by atoms with Crippen molar-refractivity contribution in [2.75, 3.05) is 33.0 Å². The fourth-order valence-electron chi connectivity index (χ4n) is 4.74. The molecule has 6 heteroatoms. The van der Waals surface area contributed by atoms with Gasteiger partial charge in [-0.05, 0) is 18.9 Å². The van der Waals surface area contributed by atoms with Gasteiger partial charge in [-0.15, -0.1) is 0 Å². The molecule has 0 spiro atoms. The third-order valence-electron chi connectivity index (χ3n) is 6.18. The molecule has 0 amide bonds. The van der Waals surface area contributed by atoms with Gasteiger partial charge in [0.25, 0.3) is 0 Å². The fourth-order valence-corrected chi connectivity index (χ4v) is 4.74. The predicted octanol–water partition coefficient (Wildman–Crippen LogP) is 0.717. The number of likely N-dealkylation sites (tertiary alicyclic amines) is 1. The molecule has 0 aromatic carbocycles. The summed E-state index contributed by atoms with van der Waals surface area (Å²) in [6.45, 7) is 6.67. The van der Waals surface area contributed by atoms with Crippen LogP contribution in [0.1, 0.15) is 24.1 Å². The second-order valence-electron chi connectivity index (χ2n) is 7.38. The SMILES string of the molecule is Cc1cnn(C)c1CN1C[C@H]2COCC[C@@]2(O)[C@@H]2COCC[C@@H]21. The van der Waals surface area contributed by atoms with Crippen molar-refractivity contribution in [3.05, 3.63) is 17.5 Å². The van der Waals surface area contributed by atoms with Crippen LogP contribution < -0.4 is 0 Å². The Hall–Kier alpha value is -0.950. The lowest BCUT2D eigenvalue weighted by molar-refractivity contribution is -0.221. The Balaban J connectivity index is 1.62. The van der Waals surface area contributed by atoms with E-state index in [1.165, 1.54) is 11.3 Å². The van der Waals surface area contributed by atoms with Crippen molar-refractivity contribution < 1.29 is 14.6 Å². The first kappa shape index (κ1) is 15.6. The van der Waals surface area contributed by atoms with Gasteiger partial charge in [-0.3, -0.25) is 9.58 Å². The Labute approximate surface area is 137 Å². The highest BCUT2D eigenvalue weighted by molar-refractivity contribution is 5.16. The highest BCUT2D eigenvalue weighted by Crippen LogP contribution is 2.44. The van der Waals surface area contributed by atoms with Crippen molar-refractivity contribution in [1.82, 2.24) is 14.7 Å². The van der Waals surface area contributed by atoms with E-state index < -0.39 is 5.60 Å². The molecular formula is C17H27N3O3. The monoisotopic (exact) mass is 321 g/mol. The van der Waals surface area contributed by atoms with Gasteiger partial charge in [-0.1, -0.05) is 0 Å². The van der Waals surface area contributed by atoms with Crippen LogP contribution in [0.4, 0.5) is 0 Å². The highest BCUT2D eigenvalue weighted by Gasteiger charge is 2.55. The molecule has 23 heavy (non-hydrogen) atoms. The van der Waals surface area contributed by atoms with Gasteiger partial charge in [0, 0.05) is 57.6 Å². The summed E-state index contributed by atoms with van der Waals surface area (Å²) in [5.41, 5.74) is 1.87. The van der Waals surface area contributed by atoms with Crippen LogP contribution >= 0.6 is 0 Å². The first-order valence-electron chi connectivity index (χ1n) is 8.69. The lowest BCUT2D eigenvalue weighted by atomic mass is 9.66. The second kappa shape index (κ2) is 5.84. The Morgan fingerprint density at radius 3 is 2.96 bits per heavy atom. The summed E-state index contributed by atoms with van der Waals surface area (Å²) in [6.07, 6.45) is 3.67. The van der Waals surface area contributed by atoms with Gasteiger partial charge >= 0.3 is 0 Å². The molecule has 1 aromatic rings. The molecule has 3 saturated heterocycles. The van der Waals surface area contributed by atoms with Gasteiger partial charge in [-0.25, -0.2) is 0 Å². The highest BCUT2D eigenvalue weighted by atomic mass is 16.5. The molecule has 128 valence electrons. The molecule has 1 N–H and O–H groups in total. The van der Waals surface area contributed by atoms with Gasteiger partial charge in [0.15, 0.2) is 0 Å². The Kier molecular flexibility index (Phi) is 3.96. The molecule has 6 nitrogen and oxygen atoms in total. The van der Waals surface area contributed by atoms with E-state index in [9.17, 15) is 5.11 Å². The van der Waals surface area contributed by atoms with E-state index in [2.05, 4.69) is 16.9 Å². The van der Waals surface area contributed by atoms with E-state index in [1.54, 1.807) is 0 Å². The van der Waals surface area contributed by atoms with Crippen LogP contribution in [-0.4, -0.2) is 64.4 Å². The van der Waals surface area contributed by atoms with Crippen LogP contribution in [-0.2, 0) is 23.1 Å². The van der Waals surface area contributed by atoms with E-state index >= 15 is 0 Å². The number of piperidine rings is 1. The molecule has 4 atom stereocenters. The topological polar surface area (TPSA) is 59.8 Å². The average Bonchev–Trinajstić information content (AvgIpc) is 2.88. The molecule has 3 fully saturated rings. The Morgan fingerprint density at radius 2 is 2.17 bits per heavy atom. The zero-order valence-corrected chi connectivity index (χ0v) is 14.1. The van der Waals surface area contributed by atoms with Gasteiger partial charge in [0.1, 0.15) is 0 Å². The maximum Gasteiger partial charge on any atom is 0.0796 e. The number of ether oxygens (including phenoxy) is 2. The molecule has 3 aliphatic heterocycles. The van der Waals surface area contributed by atoms with E-state index in [0.29, 0.717) is 25.9 Å². The molecule has 0 aliphatic carbocycles. The number of hydrogen-bond donors (Lipinski definition) is 1. The van der Waals surface area contributed by atoms with Crippen LogP contribution in [0.25, 0.3) is 0 Å². The van der Waals surface area contributed by atoms with Crippen molar-refractivity contribution in [3.63, 3.8) is 0 Å². The summed E-state index contributed by atoms with van der Waals surface area (Å²) >= 11 is 0. The molecule has 4 rings (SSSR count). The van der Waals surface area contributed by atoms with Gasteiger partial charge < -0.3 is 14.6 Å². The Morgan fingerprint density at radius 1 is 1.35 bits per heavy atom. The van der Waals surface area contributed by atoms with Crippen LogP contribution in [0.15, 0.2) is 6.20 Å². The second-order valence-corrected chi connectivity index (χ2v) is 7.38. The smallest absolute Gasteiger partial charge is 0.0796 e. The van der Waals surface area contributed by atoms with Gasteiger partial charge in [-0.2, -0.15) is 5.10 Å². The summed E-state index contributed by atoms with van der Waals surface area (Å²) in [5.74, 6) is 0.361. The van der Waals surface area contributed by atoms with E-state index in [1.807, 2.05) is 17.9 Å². The summed E-state index contributed by atoms with van der Waals surface area (Å²) in [4.78, 5) is 2.53. The first-order valence-corrected chi connectivity index (χ1v) is 8.69. The van der Waals surface area contributed by atoms with E-state index in [0.717, 1.165) is 32.5 Å².